The summed E-state index contributed by atoms with van der Waals surface area (Å²) in [6.45, 7) is 3.29. The number of halogens is 3. The van der Waals surface area contributed by atoms with E-state index in [1.807, 2.05) is 12.5 Å². The average Bonchev–Trinajstić information content (AvgIpc) is 3.42. The molecule has 0 saturated heterocycles. The Bertz CT molecular complexity index is 1400. The van der Waals surface area contributed by atoms with Gasteiger partial charge < -0.3 is 26.4 Å². The minimum absolute atomic E-state index is 0. The van der Waals surface area contributed by atoms with Gasteiger partial charge in [-0.2, -0.15) is 0 Å². The minimum Gasteiger partial charge on any atom is -0.649 e. The molecule has 0 aliphatic carbocycles. The van der Waals surface area contributed by atoms with E-state index in [2.05, 4.69) is 15.7 Å². The van der Waals surface area contributed by atoms with Crippen LogP contribution < -0.4 is 17.0 Å². The molecule has 13 heteroatoms. The van der Waals surface area contributed by atoms with Crippen molar-refractivity contribution in [1.82, 2.24) is 10.4 Å². The minimum atomic E-state index is -1.11. The Morgan fingerprint density at radius 3 is 2.26 bits per heavy atom. The first-order valence-electron chi connectivity index (χ1n) is 12.3. The van der Waals surface area contributed by atoms with Crippen molar-refractivity contribution >= 4 is 16.7 Å². The monoisotopic (exact) mass is 639 g/mol. The molecule has 224 valence electrons. The van der Waals surface area contributed by atoms with Gasteiger partial charge in [0.2, 0.25) is 0 Å². The maximum atomic E-state index is 14.4. The number of aliphatic hydroxyl groups is 1. The molecule has 6 N–H and O–H groups in total. The zero-order chi connectivity index (χ0) is 30.4. The summed E-state index contributed by atoms with van der Waals surface area (Å²) in [4.78, 5) is 16.3. The SMILES string of the molecule is CC(C)(O)c1cc(C[N-]C(=O)Cc2ccc(-c3ccc(F)c(F)c3)cc2F)ccn1.N/C=C\NN.O=S1C=C[CH-]C1.[Cr+2]. The molecular weight excluding hydrogens is 607 g/mol. The van der Waals surface area contributed by atoms with Gasteiger partial charge in [0, 0.05) is 25.0 Å². The number of rotatable bonds is 7. The number of amides is 1. The van der Waals surface area contributed by atoms with Gasteiger partial charge in [0.25, 0.3) is 0 Å². The van der Waals surface area contributed by atoms with E-state index in [4.69, 9.17) is 11.6 Å². The Morgan fingerprint density at radius 1 is 1.12 bits per heavy atom. The van der Waals surface area contributed by atoms with Gasteiger partial charge in [-0.3, -0.25) is 15.0 Å². The second kappa shape index (κ2) is 18.0. The molecule has 0 fully saturated rings. The number of allylic oxidation sites excluding steroid dienone is 1. The molecule has 0 radical (unpaired) electrons. The van der Waals surface area contributed by atoms with Crippen LogP contribution in [0.3, 0.4) is 0 Å². The summed E-state index contributed by atoms with van der Waals surface area (Å²) < 4.78 is 51.1. The largest absolute Gasteiger partial charge is 2.00 e. The van der Waals surface area contributed by atoms with Gasteiger partial charge in [0.1, 0.15) is 11.4 Å². The number of hydrogen-bond donors (Lipinski definition) is 4. The van der Waals surface area contributed by atoms with Gasteiger partial charge in [-0.1, -0.05) is 34.6 Å². The number of benzene rings is 2. The van der Waals surface area contributed by atoms with Crippen molar-refractivity contribution in [2.75, 3.05) is 5.75 Å². The van der Waals surface area contributed by atoms with Crippen LogP contribution in [-0.2, 0) is 51.5 Å². The van der Waals surface area contributed by atoms with Crippen molar-refractivity contribution in [3.05, 3.63) is 125 Å². The summed E-state index contributed by atoms with van der Waals surface area (Å²) in [5, 5.41) is 15.7. The van der Waals surface area contributed by atoms with Crippen molar-refractivity contribution in [1.29, 1.82) is 0 Å². The zero-order valence-electron chi connectivity index (χ0n) is 23.0. The molecule has 1 aromatic heterocycles. The van der Waals surface area contributed by atoms with E-state index in [0.717, 1.165) is 17.9 Å². The van der Waals surface area contributed by atoms with Crippen LogP contribution in [0, 0.1) is 23.9 Å². The first-order chi connectivity index (χ1) is 19.4. The van der Waals surface area contributed by atoms with Crippen LogP contribution in [0.5, 0.6) is 0 Å². The van der Waals surface area contributed by atoms with Gasteiger partial charge in [-0.25, -0.2) is 25.7 Å². The Kier molecular flexibility index (Phi) is 15.7. The number of carbonyl (C=O) groups is 1. The topological polar surface area (TPSA) is 145 Å². The van der Waals surface area contributed by atoms with E-state index < -0.39 is 39.8 Å². The van der Waals surface area contributed by atoms with Crippen molar-refractivity contribution < 1.29 is 44.6 Å². The van der Waals surface area contributed by atoms with Crippen molar-refractivity contribution in [3.8, 4) is 11.1 Å². The summed E-state index contributed by atoms with van der Waals surface area (Å²) in [5.74, 6) is 2.31. The molecule has 4 rings (SSSR count). The molecule has 1 atom stereocenters. The molecule has 3 aromatic rings. The fraction of sp³-hybridized carbons (Fsp3) is 0.207. The molecule has 2 heterocycles. The van der Waals surface area contributed by atoms with Crippen LogP contribution in [0.25, 0.3) is 16.4 Å². The fourth-order valence-electron chi connectivity index (χ4n) is 3.26. The molecule has 1 aliphatic rings. The van der Waals surface area contributed by atoms with Gasteiger partial charge in [-0.15, -0.1) is 12.0 Å². The standard InChI is InChI=1S/C23H21F3N2O2.C4H5OS.C2H7N3.Cr/c1-23(2,30)21-9-14(7-8-27-21)13-28-22(29)12-17-4-3-15(10-19(17)25)16-5-6-18(24)20(26)11-16;5-6-3-1-2-4-6;3-1-2-5-4;/h3-11,30H,12-13H2,1-2H3,(H,28,29);1-3H,4H2;1-2,5H,3-4H2;/q;-1;;+2/p-1/b;;2-1-;. The number of carbonyl (C=O) groups excluding carboxylic acids is 1. The van der Waals surface area contributed by atoms with E-state index in [1.165, 1.54) is 42.9 Å². The Balaban J connectivity index is 0.000000618. The second-order valence-corrected chi connectivity index (χ2v) is 10.4. The predicted molar refractivity (Wildman–Crippen MR) is 154 cm³/mol. The van der Waals surface area contributed by atoms with Crippen LogP contribution in [0.4, 0.5) is 13.2 Å². The normalized spacial score (nSPS) is 13.5. The fourth-order valence-corrected chi connectivity index (χ4v) is 3.95. The van der Waals surface area contributed by atoms with Gasteiger partial charge in [-0.05, 0) is 66.6 Å². The zero-order valence-corrected chi connectivity index (χ0v) is 25.1. The Labute approximate surface area is 256 Å². The summed E-state index contributed by atoms with van der Waals surface area (Å²) in [6, 6.07) is 10.8. The van der Waals surface area contributed by atoms with Crippen LogP contribution in [0.1, 0.15) is 30.7 Å². The third-order valence-corrected chi connectivity index (χ3v) is 6.34. The summed E-state index contributed by atoms with van der Waals surface area (Å²) >= 11 is 0. The molecule has 0 bridgehead atoms. The second-order valence-electron chi connectivity index (χ2n) is 9.07. The third kappa shape index (κ3) is 12.5. The van der Waals surface area contributed by atoms with Crippen LogP contribution in [-0.4, -0.2) is 26.0 Å². The van der Waals surface area contributed by atoms with E-state index in [-0.39, 0.29) is 35.9 Å². The molecule has 2 aromatic carbocycles. The predicted octanol–water partition coefficient (Wildman–Crippen LogP) is 4.38. The average molecular weight is 640 g/mol. The number of hydrogen-bond acceptors (Lipinski definition) is 7. The van der Waals surface area contributed by atoms with Gasteiger partial charge in [0.05, 0.1) is 11.6 Å². The number of aromatic nitrogens is 1. The molecule has 0 saturated carbocycles. The number of hydrazine groups is 1. The van der Waals surface area contributed by atoms with Gasteiger partial charge >= 0.3 is 17.4 Å². The molecule has 1 amide bonds. The van der Waals surface area contributed by atoms with Crippen LogP contribution in [0.15, 0.2) is 78.6 Å². The number of pyridine rings is 1. The van der Waals surface area contributed by atoms with Crippen molar-refractivity contribution in [2.45, 2.75) is 32.4 Å². The van der Waals surface area contributed by atoms with E-state index in [0.29, 0.717) is 22.4 Å². The quantitative estimate of drug-likeness (QED) is 0.171. The maximum absolute atomic E-state index is 14.4. The Hall–Kier alpha value is -3.60. The number of nitrogens with two attached hydrogens (primary N) is 2. The summed E-state index contributed by atoms with van der Waals surface area (Å²) in [7, 11) is -0.659. The molecule has 1 aliphatic heterocycles. The molecule has 42 heavy (non-hydrogen) atoms. The van der Waals surface area contributed by atoms with E-state index in [1.54, 1.807) is 31.4 Å². The number of nitrogens with zero attached hydrogens (tertiary/aromatic N) is 2. The third-order valence-electron chi connectivity index (χ3n) is 5.36. The van der Waals surface area contributed by atoms with Crippen LogP contribution in [0.2, 0.25) is 0 Å². The van der Waals surface area contributed by atoms with Gasteiger partial charge in [0.15, 0.2) is 11.6 Å². The molecule has 0 spiro atoms. The molecular formula is C29H32CrF3N5O3S. The van der Waals surface area contributed by atoms with E-state index in [9.17, 15) is 27.3 Å². The van der Waals surface area contributed by atoms with Crippen LogP contribution >= 0.6 is 0 Å². The van der Waals surface area contributed by atoms with E-state index >= 15 is 0 Å². The first kappa shape index (κ1) is 36.4. The van der Waals surface area contributed by atoms with Crippen molar-refractivity contribution in [2.24, 2.45) is 11.6 Å². The van der Waals surface area contributed by atoms with Crippen molar-refractivity contribution in [3.63, 3.8) is 0 Å². The summed E-state index contributed by atoms with van der Waals surface area (Å²) in [5.41, 5.74) is 7.93. The maximum Gasteiger partial charge on any atom is 2.00 e. The first-order valence-corrected chi connectivity index (χ1v) is 13.6. The smallest absolute Gasteiger partial charge is 0.649 e. The molecule has 1 unspecified atom stereocenters. The Morgan fingerprint density at radius 2 is 1.79 bits per heavy atom. The molecule has 8 nitrogen and oxygen atoms in total. The summed E-state index contributed by atoms with van der Waals surface area (Å²) in [6.07, 6.45) is 7.78. The number of nitrogens with one attached hydrogen (secondary N) is 1.